The molecule has 1 aliphatic heterocycles. The average Bonchev–Trinajstić information content (AvgIpc) is 2.64. The first kappa shape index (κ1) is 14.2. The maximum Gasteiger partial charge on any atom is 0.376 e. The van der Waals surface area contributed by atoms with Gasteiger partial charge in [0.15, 0.2) is 0 Å². The lowest BCUT2D eigenvalue weighted by molar-refractivity contribution is -0.128. The molecule has 0 bridgehead atoms. The normalized spacial score (nSPS) is 22.2. The summed E-state index contributed by atoms with van der Waals surface area (Å²) < 4.78 is 23.0. The smallest absolute Gasteiger partial charge is 0.366 e. The molecule has 0 aliphatic carbocycles. The van der Waals surface area contributed by atoms with Crippen molar-refractivity contribution in [3.05, 3.63) is 29.8 Å². The standard InChI is InChI=1S/C12H16NO5P/c1-3-17-19(16,18-4-2)12(15)9-7-5-6-8-10(9)13-11(12)14/h5-8,15H,3-4H2,1-2H3,(H,13,14)/t12-/m1/s1. The van der Waals surface area contributed by atoms with Crippen molar-refractivity contribution >= 4 is 19.2 Å². The van der Waals surface area contributed by atoms with Crippen molar-refractivity contribution in [1.82, 2.24) is 0 Å². The lowest BCUT2D eigenvalue weighted by Crippen LogP contribution is -2.35. The van der Waals surface area contributed by atoms with Crippen LogP contribution in [0.2, 0.25) is 0 Å². The number of amides is 1. The van der Waals surface area contributed by atoms with Crippen LogP contribution in [0.1, 0.15) is 19.4 Å². The van der Waals surface area contributed by atoms with Gasteiger partial charge in [-0.05, 0) is 19.9 Å². The fraction of sp³-hybridized carbons (Fsp3) is 0.417. The summed E-state index contributed by atoms with van der Waals surface area (Å²) in [4.78, 5) is 12.1. The molecule has 2 N–H and O–H groups in total. The molecule has 104 valence electrons. The number of hydrogen-bond donors (Lipinski definition) is 2. The number of carbonyl (C=O) groups excluding carboxylic acids is 1. The van der Waals surface area contributed by atoms with E-state index in [-0.39, 0.29) is 18.8 Å². The third kappa shape index (κ3) is 2.01. The van der Waals surface area contributed by atoms with Crippen LogP contribution in [0.5, 0.6) is 0 Å². The number of carbonyl (C=O) groups is 1. The largest absolute Gasteiger partial charge is 0.376 e. The summed E-state index contributed by atoms with van der Waals surface area (Å²) in [6, 6.07) is 6.49. The van der Waals surface area contributed by atoms with Crippen LogP contribution in [0.4, 0.5) is 5.69 Å². The van der Waals surface area contributed by atoms with E-state index >= 15 is 0 Å². The van der Waals surface area contributed by atoms with Gasteiger partial charge in [0.25, 0.3) is 11.2 Å². The first-order valence-electron chi connectivity index (χ1n) is 6.02. The summed E-state index contributed by atoms with van der Waals surface area (Å²) in [5, 5.41) is 10.9. The molecule has 2 rings (SSSR count). The Hall–Kier alpha value is -1.20. The molecule has 6 nitrogen and oxygen atoms in total. The highest BCUT2D eigenvalue weighted by molar-refractivity contribution is 7.56. The quantitative estimate of drug-likeness (QED) is 0.809. The molecule has 1 heterocycles. The van der Waals surface area contributed by atoms with E-state index in [2.05, 4.69) is 5.32 Å². The van der Waals surface area contributed by atoms with Crippen LogP contribution in [0.25, 0.3) is 0 Å². The molecule has 0 fully saturated rings. The van der Waals surface area contributed by atoms with Crippen molar-refractivity contribution in [1.29, 1.82) is 0 Å². The van der Waals surface area contributed by atoms with Gasteiger partial charge in [0.1, 0.15) is 0 Å². The van der Waals surface area contributed by atoms with Gasteiger partial charge in [0, 0.05) is 11.3 Å². The van der Waals surface area contributed by atoms with Crippen LogP contribution >= 0.6 is 7.60 Å². The van der Waals surface area contributed by atoms with Gasteiger partial charge in [0.05, 0.1) is 13.2 Å². The number of hydrogen-bond acceptors (Lipinski definition) is 5. The maximum atomic E-state index is 12.8. The van der Waals surface area contributed by atoms with Crippen LogP contribution in [-0.4, -0.2) is 24.2 Å². The van der Waals surface area contributed by atoms with E-state index in [1.165, 1.54) is 6.07 Å². The molecule has 1 aromatic carbocycles. The van der Waals surface area contributed by atoms with Crippen molar-refractivity contribution in [3.8, 4) is 0 Å². The lowest BCUT2D eigenvalue weighted by atomic mass is 10.1. The Kier molecular flexibility index (Phi) is 3.78. The summed E-state index contributed by atoms with van der Waals surface area (Å²) in [5.74, 6) is -0.793. The summed E-state index contributed by atoms with van der Waals surface area (Å²) in [5.41, 5.74) is 0.625. The van der Waals surface area contributed by atoms with Crippen LogP contribution in [0, 0.1) is 0 Å². The zero-order chi connectivity index (χ0) is 14.1. The Labute approximate surface area is 111 Å². The Morgan fingerprint density at radius 1 is 1.26 bits per heavy atom. The Morgan fingerprint density at radius 2 is 1.84 bits per heavy atom. The van der Waals surface area contributed by atoms with Gasteiger partial charge in [-0.1, -0.05) is 18.2 Å². The average molecular weight is 285 g/mol. The fourth-order valence-electron chi connectivity index (χ4n) is 2.06. The second kappa shape index (κ2) is 5.06. The van der Waals surface area contributed by atoms with Crippen LogP contribution in [0.3, 0.4) is 0 Å². The van der Waals surface area contributed by atoms with E-state index in [0.717, 1.165) is 0 Å². The van der Waals surface area contributed by atoms with Gasteiger partial charge < -0.3 is 19.5 Å². The third-order valence-corrected chi connectivity index (χ3v) is 5.29. The lowest BCUT2D eigenvalue weighted by Gasteiger charge is -2.29. The number of para-hydroxylation sites is 1. The molecule has 0 saturated carbocycles. The molecule has 1 aromatic rings. The number of fused-ring (bicyclic) bond motifs is 1. The Bertz CT molecular complexity index is 537. The molecular formula is C12H16NO5P. The minimum Gasteiger partial charge on any atom is -0.366 e. The Morgan fingerprint density at radius 3 is 2.42 bits per heavy atom. The van der Waals surface area contributed by atoms with Gasteiger partial charge >= 0.3 is 7.60 Å². The summed E-state index contributed by atoms with van der Waals surface area (Å²) in [6.45, 7) is 3.37. The van der Waals surface area contributed by atoms with E-state index in [4.69, 9.17) is 9.05 Å². The van der Waals surface area contributed by atoms with Crippen LogP contribution < -0.4 is 5.32 Å². The van der Waals surface area contributed by atoms with Crippen molar-refractivity contribution in [2.75, 3.05) is 18.5 Å². The predicted octanol–water partition coefficient (Wildman–Crippen LogP) is 2.05. The summed E-state index contributed by atoms with van der Waals surface area (Å²) >= 11 is 0. The highest BCUT2D eigenvalue weighted by Gasteiger charge is 2.61. The van der Waals surface area contributed by atoms with Crippen LogP contribution in [-0.2, 0) is 23.7 Å². The number of nitrogens with one attached hydrogen (secondary N) is 1. The predicted molar refractivity (Wildman–Crippen MR) is 69.8 cm³/mol. The molecule has 0 aromatic heterocycles. The van der Waals surface area contributed by atoms with E-state index in [0.29, 0.717) is 5.69 Å². The van der Waals surface area contributed by atoms with Gasteiger partial charge in [-0.25, -0.2) is 0 Å². The highest BCUT2D eigenvalue weighted by Crippen LogP contribution is 2.66. The summed E-state index contributed by atoms with van der Waals surface area (Å²) in [6.07, 6.45) is 0. The topological polar surface area (TPSA) is 84.9 Å². The fourth-order valence-corrected chi connectivity index (χ4v) is 3.99. The minimum absolute atomic E-state index is 0.0645. The maximum absolute atomic E-state index is 12.8. The van der Waals surface area contributed by atoms with Crippen molar-refractivity contribution in [2.24, 2.45) is 0 Å². The van der Waals surface area contributed by atoms with Crippen LogP contribution in [0.15, 0.2) is 24.3 Å². The second-order valence-electron chi connectivity index (χ2n) is 4.00. The number of aliphatic hydroxyl groups is 1. The van der Waals surface area contributed by atoms with Gasteiger partial charge in [-0.15, -0.1) is 0 Å². The molecule has 0 radical (unpaired) electrons. The number of anilines is 1. The van der Waals surface area contributed by atoms with Gasteiger partial charge in [-0.3, -0.25) is 9.36 Å². The first-order chi connectivity index (χ1) is 8.99. The molecule has 0 saturated heterocycles. The third-order valence-electron chi connectivity index (χ3n) is 2.86. The Balaban J connectivity index is 2.57. The molecule has 1 aliphatic rings. The molecule has 19 heavy (non-hydrogen) atoms. The minimum atomic E-state index is -4.02. The zero-order valence-corrected chi connectivity index (χ0v) is 11.6. The molecule has 1 amide bonds. The summed E-state index contributed by atoms with van der Waals surface area (Å²) in [7, 11) is -4.02. The zero-order valence-electron chi connectivity index (χ0n) is 10.8. The van der Waals surface area contributed by atoms with Gasteiger partial charge in [-0.2, -0.15) is 0 Å². The monoisotopic (exact) mass is 285 g/mol. The van der Waals surface area contributed by atoms with Crippen molar-refractivity contribution < 1.29 is 23.5 Å². The molecule has 0 spiro atoms. The molecular weight excluding hydrogens is 269 g/mol. The van der Waals surface area contributed by atoms with E-state index in [9.17, 15) is 14.5 Å². The van der Waals surface area contributed by atoms with Gasteiger partial charge in [0.2, 0.25) is 0 Å². The van der Waals surface area contributed by atoms with E-state index in [1.54, 1.807) is 32.0 Å². The highest BCUT2D eigenvalue weighted by atomic mass is 31.2. The van der Waals surface area contributed by atoms with Crippen molar-refractivity contribution in [2.45, 2.75) is 19.2 Å². The van der Waals surface area contributed by atoms with E-state index in [1.807, 2.05) is 0 Å². The molecule has 7 heteroatoms. The molecule has 1 atom stereocenters. The second-order valence-corrected chi connectivity index (χ2v) is 6.16. The SMILES string of the molecule is CCOP(=O)(OCC)[C@@]1(O)C(=O)Nc2ccccc21. The molecule has 0 unspecified atom stereocenters. The number of rotatable bonds is 5. The number of benzene rings is 1. The van der Waals surface area contributed by atoms with E-state index < -0.39 is 18.8 Å². The van der Waals surface area contributed by atoms with Crippen molar-refractivity contribution in [3.63, 3.8) is 0 Å². The first-order valence-corrected chi connectivity index (χ1v) is 7.56.